The lowest BCUT2D eigenvalue weighted by atomic mass is 10.1. The monoisotopic (exact) mass is 252 g/mol. The van der Waals surface area contributed by atoms with Gasteiger partial charge in [-0.3, -0.25) is 0 Å². The molecule has 0 nitrogen and oxygen atoms in total. The Balaban J connectivity index is 3.35. The maximum absolute atomic E-state index is 12.3. The fourth-order valence-electron chi connectivity index (χ4n) is 1.13. The smallest absolute Gasteiger partial charge is 0.166 e. The van der Waals surface area contributed by atoms with Crippen molar-refractivity contribution in [3.63, 3.8) is 0 Å². The van der Waals surface area contributed by atoms with Gasteiger partial charge in [-0.25, -0.2) is 0 Å². The molecule has 0 aromatic heterocycles. The molecule has 0 amide bonds. The van der Waals surface area contributed by atoms with Crippen LogP contribution >= 0.6 is 15.9 Å². The van der Waals surface area contributed by atoms with E-state index in [9.17, 15) is 13.2 Å². The number of hydrogen-bond acceptors (Lipinski definition) is 0. The van der Waals surface area contributed by atoms with Crippen LogP contribution in [0.15, 0.2) is 16.6 Å². The van der Waals surface area contributed by atoms with E-state index in [1.54, 1.807) is 6.92 Å². The van der Waals surface area contributed by atoms with Gasteiger partial charge in [0, 0.05) is 4.47 Å². The highest BCUT2D eigenvalue weighted by Gasteiger charge is 2.32. The minimum absolute atomic E-state index is 0.243. The lowest BCUT2D eigenvalue weighted by molar-refractivity contribution is -0.138. The first-order valence-corrected chi connectivity index (χ1v) is 4.46. The van der Waals surface area contributed by atoms with Gasteiger partial charge in [0.05, 0.1) is 5.56 Å². The van der Waals surface area contributed by atoms with E-state index in [0.717, 1.165) is 11.6 Å². The van der Waals surface area contributed by atoms with Crippen LogP contribution in [0.25, 0.3) is 0 Å². The highest BCUT2D eigenvalue weighted by atomic mass is 79.9. The van der Waals surface area contributed by atoms with Crippen molar-refractivity contribution in [2.24, 2.45) is 0 Å². The average Bonchev–Trinajstić information content (AvgIpc) is 1.98. The summed E-state index contributed by atoms with van der Waals surface area (Å²) >= 11 is 3.12. The predicted octanol–water partition coefficient (Wildman–Crippen LogP) is 4.08. The van der Waals surface area contributed by atoms with E-state index < -0.39 is 11.7 Å². The molecule has 1 rings (SSSR count). The van der Waals surface area contributed by atoms with Crippen LogP contribution in [0.5, 0.6) is 0 Å². The van der Waals surface area contributed by atoms with Crippen molar-refractivity contribution in [2.75, 3.05) is 0 Å². The molecule has 1 aromatic rings. The van der Waals surface area contributed by atoms with E-state index >= 15 is 0 Å². The number of halogens is 4. The van der Waals surface area contributed by atoms with Gasteiger partial charge in [-0.05, 0) is 31.0 Å². The van der Waals surface area contributed by atoms with Gasteiger partial charge in [0.15, 0.2) is 0 Å². The van der Waals surface area contributed by atoms with Crippen LogP contribution in [0.1, 0.15) is 16.7 Å². The first-order chi connectivity index (χ1) is 5.84. The molecule has 0 fully saturated rings. The Morgan fingerprint density at radius 2 is 1.69 bits per heavy atom. The van der Waals surface area contributed by atoms with Gasteiger partial charge < -0.3 is 0 Å². The van der Waals surface area contributed by atoms with E-state index in [1.165, 1.54) is 13.0 Å². The quantitative estimate of drug-likeness (QED) is 0.653. The standard InChI is InChI=1S/C9H8BrF3/c1-5-3-4-7(9(11,12)13)6(2)8(5)10/h3-4H,1-2H3. The fraction of sp³-hybridized carbons (Fsp3) is 0.333. The Hall–Kier alpha value is -0.510. The Bertz CT molecular complexity index is 328. The molecule has 0 N–H and O–H groups in total. The highest BCUT2D eigenvalue weighted by molar-refractivity contribution is 9.10. The van der Waals surface area contributed by atoms with Crippen molar-refractivity contribution in [3.05, 3.63) is 33.3 Å². The van der Waals surface area contributed by atoms with Crippen molar-refractivity contribution < 1.29 is 13.2 Å². The first-order valence-electron chi connectivity index (χ1n) is 3.67. The molecule has 0 saturated carbocycles. The van der Waals surface area contributed by atoms with Crippen LogP contribution < -0.4 is 0 Å². The van der Waals surface area contributed by atoms with Crippen molar-refractivity contribution in [3.8, 4) is 0 Å². The lowest BCUT2D eigenvalue weighted by Gasteiger charge is -2.12. The molecule has 0 atom stereocenters. The van der Waals surface area contributed by atoms with E-state index in [1.807, 2.05) is 0 Å². The van der Waals surface area contributed by atoms with Gasteiger partial charge in [-0.2, -0.15) is 13.2 Å². The van der Waals surface area contributed by atoms with Crippen molar-refractivity contribution in [2.45, 2.75) is 20.0 Å². The summed E-state index contributed by atoms with van der Waals surface area (Å²) in [6.45, 7) is 3.22. The molecule has 0 saturated heterocycles. The first kappa shape index (κ1) is 10.6. The zero-order chi connectivity index (χ0) is 10.2. The molecule has 0 heterocycles. The minimum Gasteiger partial charge on any atom is -0.166 e. The van der Waals surface area contributed by atoms with Crippen LogP contribution in [0.2, 0.25) is 0 Å². The maximum atomic E-state index is 12.3. The molecule has 13 heavy (non-hydrogen) atoms. The lowest BCUT2D eigenvalue weighted by Crippen LogP contribution is -2.08. The highest BCUT2D eigenvalue weighted by Crippen LogP contribution is 2.35. The molecule has 72 valence electrons. The van der Waals surface area contributed by atoms with Gasteiger partial charge in [-0.1, -0.05) is 22.0 Å². The second-order valence-electron chi connectivity index (χ2n) is 2.87. The number of benzene rings is 1. The molecule has 0 unspecified atom stereocenters. The van der Waals surface area contributed by atoms with Crippen LogP contribution in [-0.4, -0.2) is 0 Å². The second-order valence-corrected chi connectivity index (χ2v) is 3.66. The molecule has 0 spiro atoms. The summed E-state index contributed by atoms with van der Waals surface area (Å²) in [4.78, 5) is 0. The second kappa shape index (κ2) is 3.33. The van der Waals surface area contributed by atoms with Gasteiger partial charge in [-0.15, -0.1) is 0 Å². The van der Waals surface area contributed by atoms with Crippen LogP contribution in [0, 0.1) is 13.8 Å². The summed E-state index contributed by atoms with van der Waals surface area (Å²) < 4.78 is 37.5. The summed E-state index contributed by atoms with van der Waals surface area (Å²) in [5.74, 6) is 0. The molecule has 0 bridgehead atoms. The Morgan fingerprint density at radius 1 is 1.15 bits per heavy atom. The molecule has 1 aromatic carbocycles. The number of aryl methyl sites for hydroxylation is 1. The topological polar surface area (TPSA) is 0 Å². The summed E-state index contributed by atoms with van der Waals surface area (Å²) in [7, 11) is 0. The predicted molar refractivity (Wildman–Crippen MR) is 48.6 cm³/mol. The molecular weight excluding hydrogens is 245 g/mol. The van der Waals surface area contributed by atoms with Crippen LogP contribution in [0.3, 0.4) is 0 Å². The maximum Gasteiger partial charge on any atom is 0.416 e. The van der Waals surface area contributed by atoms with E-state index in [2.05, 4.69) is 15.9 Å². The van der Waals surface area contributed by atoms with Gasteiger partial charge >= 0.3 is 6.18 Å². The Kier molecular flexibility index (Phi) is 2.71. The molecule has 4 heteroatoms. The van der Waals surface area contributed by atoms with Gasteiger partial charge in [0.1, 0.15) is 0 Å². The third kappa shape index (κ3) is 2.05. The molecule has 0 aliphatic heterocycles. The van der Waals surface area contributed by atoms with E-state index in [-0.39, 0.29) is 5.56 Å². The zero-order valence-electron chi connectivity index (χ0n) is 7.17. The van der Waals surface area contributed by atoms with Crippen LogP contribution in [0.4, 0.5) is 13.2 Å². The average molecular weight is 253 g/mol. The Morgan fingerprint density at radius 3 is 2.15 bits per heavy atom. The van der Waals surface area contributed by atoms with Crippen molar-refractivity contribution >= 4 is 15.9 Å². The zero-order valence-corrected chi connectivity index (χ0v) is 8.75. The summed E-state index contributed by atoms with van der Waals surface area (Å²) in [5, 5.41) is 0. The molecule has 0 aliphatic rings. The fourth-order valence-corrected chi connectivity index (χ4v) is 1.47. The third-order valence-corrected chi connectivity index (χ3v) is 3.11. The summed E-state index contributed by atoms with van der Waals surface area (Å²) in [5.41, 5.74) is 0.475. The SMILES string of the molecule is Cc1ccc(C(F)(F)F)c(C)c1Br. The molecule has 0 aliphatic carbocycles. The number of hydrogen-bond donors (Lipinski definition) is 0. The number of rotatable bonds is 0. The Labute approximate surface area is 82.9 Å². The normalized spacial score (nSPS) is 11.8. The van der Waals surface area contributed by atoms with Gasteiger partial charge in [0.25, 0.3) is 0 Å². The molecular formula is C9H8BrF3. The van der Waals surface area contributed by atoms with E-state index in [0.29, 0.717) is 4.47 Å². The van der Waals surface area contributed by atoms with Crippen LogP contribution in [-0.2, 0) is 6.18 Å². The van der Waals surface area contributed by atoms with Gasteiger partial charge in [0.2, 0.25) is 0 Å². The summed E-state index contributed by atoms with van der Waals surface area (Å²) in [6, 6.07) is 2.56. The minimum atomic E-state index is -4.26. The largest absolute Gasteiger partial charge is 0.416 e. The van der Waals surface area contributed by atoms with Crippen molar-refractivity contribution in [1.29, 1.82) is 0 Å². The summed E-state index contributed by atoms with van der Waals surface area (Å²) in [6.07, 6.45) is -4.26. The van der Waals surface area contributed by atoms with E-state index in [4.69, 9.17) is 0 Å². The molecule has 0 radical (unpaired) electrons. The van der Waals surface area contributed by atoms with Crippen molar-refractivity contribution in [1.82, 2.24) is 0 Å². The third-order valence-electron chi connectivity index (χ3n) is 1.88. The number of alkyl halides is 3.